The van der Waals surface area contributed by atoms with Crippen LogP contribution in [0.4, 0.5) is 0 Å². The van der Waals surface area contributed by atoms with E-state index in [1.165, 1.54) is 5.56 Å². The fourth-order valence-corrected chi connectivity index (χ4v) is 2.48. The maximum atomic E-state index is 6.09. The van der Waals surface area contributed by atoms with Crippen LogP contribution in [0.25, 0.3) is 0 Å². The second kappa shape index (κ2) is 6.64. The Morgan fingerprint density at radius 2 is 2.11 bits per heavy atom. The van der Waals surface area contributed by atoms with Gasteiger partial charge in [0, 0.05) is 24.5 Å². The molecule has 3 nitrogen and oxygen atoms in total. The van der Waals surface area contributed by atoms with E-state index in [4.69, 9.17) is 5.73 Å². The summed E-state index contributed by atoms with van der Waals surface area (Å²) in [4.78, 5) is 4.41. The van der Waals surface area contributed by atoms with Gasteiger partial charge in [0.2, 0.25) is 0 Å². The second-order valence-electron chi connectivity index (χ2n) is 4.44. The number of rotatable bonds is 6. The number of aromatic nitrogens is 1. The van der Waals surface area contributed by atoms with Gasteiger partial charge in [0.15, 0.2) is 0 Å². The fraction of sp³-hybridized carbons (Fsp3) is 0.357. The zero-order valence-corrected chi connectivity index (χ0v) is 11.4. The molecule has 1 atom stereocenters. The van der Waals surface area contributed by atoms with Crippen LogP contribution in [0.1, 0.15) is 16.3 Å². The predicted octanol–water partition coefficient (Wildman–Crippen LogP) is 2.11. The molecule has 0 spiro atoms. The Morgan fingerprint density at radius 1 is 1.33 bits per heavy atom. The van der Waals surface area contributed by atoms with Crippen molar-refractivity contribution in [1.29, 1.82) is 0 Å². The van der Waals surface area contributed by atoms with Crippen LogP contribution in [0.15, 0.2) is 35.7 Å². The predicted molar refractivity (Wildman–Crippen MR) is 76.7 cm³/mol. The number of benzene rings is 1. The molecule has 0 aliphatic rings. The van der Waals surface area contributed by atoms with E-state index in [1.807, 2.05) is 25.1 Å². The lowest BCUT2D eigenvalue weighted by Gasteiger charge is -2.12. The number of hydrogen-bond donors (Lipinski definition) is 2. The normalized spacial score (nSPS) is 12.6. The maximum Gasteiger partial charge on any atom is 0.0897 e. The van der Waals surface area contributed by atoms with Gasteiger partial charge < -0.3 is 11.1 Å². The molecule has 1 aromatic heterocycles. The first-order valence-electron chi connectivity index (χ1n) is 6.15. The Bertz CT molecular complexity index is 467. The van der Waals surface area contributed by atoms with Gasteiger partial charge in [0.05, 0.1) is 10.7 Å². The minimum absolute atomic E-state index is 0.145. The van der Waals surface area contributed by atoms with Crippen LogP contribution in [-0.4, -0.2) is 17.6 Å². The summed E-state index contributed by atoms with van der Waals surface area (Å²) < 4.78 is 0. The van der Waals surface area contributed by atoms with E-state index in [-0.39, 0.29) is 6.04 Å². The third kappa shape index (κ3) is 4.22. The van der Waals surface area contributed by atoms with Crippen LogP contribution in [0.3, 0.4) is 0 Å². The highest BCUT2D eigenvalue weighted by Crippen LogP contribution is 2.07. The first-order valence-corrected chi connectivity index (χ1v) is 7.03. The van der Waals surface area contributed by atoms with E-state index in [0.717, 1.165) is 30.2 Å². The van der Waals surface area contributed by atoms with Crippen LogP contribution < -0.4 is 11.1 Å². The zero-order valence-electron chi connectivity index (χ0n) is 10.6. The molecule has 1 aromatic carbocycles. The summed E-state index contributed by atoms with van der Waals surface area (Å²) in [5.41, 5.74) is 8.48. The number of nitrogens with zero attached hydrogens (tertiary/aromatic N) is 1. The highest BCUT2D eigenvalue weighted by Gasteiger charge is 2.04. The first-order chi connectivity index (χ1) is 8.74. The molecule has 0 radical (unpaired) electrons. The molecule has 3 N–H and O–H groups in total. The average molecular weight is 261 g/mol. The molecule has 18 heavy (non-hydrogen) atoms. The Kier molecular flexibility index (Phi) is 4.87. The van der Waals surface area contributed by atoms with Crippen molar-refractivity contribution < 1.29 is 0 Å². The summed E-state index contributed by atoms with van der Waals surface area (Å²) in [5.74, 6) is 0. The van der Waals surface area contributed by atoms with Crippen LogP contribution in [-0.2, 0) is 13.0 Å². The van der Waals surface area contributed by atoms with Crippen LogP contribution in [0.5, 0.6) is 0 Å². The van der Waals surface area contributed by atoms with Crippen molar-refractivity contribution in [3.63, 3.8) is 0 Å². The summed E-state index contributed by atoms with van der Waals surface area (Å²) in [6.45, 7) is 3.63. The molecule has 0 saturated heterocycles. The van der Waals surface area contributed by atoms with Gasteiger partial charge in [-0.3, -0.25) is 0 Å². The minimum atomic E-state index is 0.145. The van der Waals surface area contributed by atoms with Crippen LogP contribution in [0.2, 0.25) is 0 Å². The lowest BCUT2D eigenvalue weighted by molar-refractivity contribution is 0.569. The molecule has 1 unspecified atom stereocenters. The summed E-state index contributed by atoms with van der Waals surface area (Å²) in [5, 5.41) is 6.55. The largest absolute Gasteiger partial charge is 0.326 e. The molecule has 96 valence electrons. The van der Waals surface area contributed by atoms with Gasteiger partial charge in [-0.2, -0.15) is 0 Å². The van der Waals surface area contributed by atoms with E-state index in [1.54, 1.807) is 11.3 Å². The monoisotopic (exact) mass is 261 g/mol. The Labute approximate surface area is 112 Å². The number of nitrogens with one attached hydrogen (secondary N) is 1. The summed E-state index contributed by atoms with van der Waals surface area (Å²) in [7, 11) is 0. The smallest absolute Gasteiger partial charge is 0.0897 e. The molecular weight excluding hydrogens is 242 g/mol. The lowest BCUT2D eigenvalue weighted by atomic mass is 10.1. The summed E-state index contributed by atoms with van der Waals surface area (Å²) in [6.07, 6.45) is 0.907. The van der Waals surface area contributed by atoms with Crippen molar-refractivity contribution in [2.24, 2.45) is 5.73 Å². The van der Waals surface area contributed by atoms with Gasteiger partial charge in [0.1, 0.15) is 0 Å². The SMILES string of the molecule is Cc1nc(CNCC(N)Cc2ccccc2)cs1. The van der Waals surface area contributed by atoms with E-state index in [0.29, 0.717) is 0 Å². The molecule has 1 heterocycles. The molecule has 0 aliphatic heterocycles. The molecule has 2 rings (SSSR count). The first kappa shape index (κ1) is 13.2. The van der Waals surface area contributed by atoms with Crippen LogP contribution >= 0.6 is 11.3 Å². The molecular formula is C14H19N3S. The summed E-state index contributed by atoms with van der Waals surface area (Å²) in [6, 6.07) is 10.5. The molecule has 2 aromatic rings. The lowest BCUT2D eigenvalue weighted by Crippen LogP contribution is -2.35. The van der Waals surface area contributed by atoms with Crippen molar-refractivity contribution in [1.82, 2.24) is 10.3 Å². The fourth-order valence-electron chi connectivity index (χ4n) is 1.86. The number of nitrogens with two attached hydrogens (primary N) is 1. The van der Waals surface area contributed by atoms with Gasteiger partial charge in [-0.15, -0.1) is 11.3 Å². The zero-order chi connectivity index (χ0) is 12.8. The molecule has 4 heteroatoms. The second-order valence-corrected chi connectivity index (χ2v) is 5.50. The number of aryl methyl sites for hydroxylation is 1. The average Bonchev–Trinajstić information content (AvgIpc) is 2.76. The summed E-state index contributed by atoms with van der Waals surface area (Å²) >= 11 is 1.68. The molecule has 0 fully saturated rings. The molecule has 0 aliphatic carbocycles. The highest BCUT2D eigenvalue weighted by atomic mass is 32.1. The van der Waals surface area contributed by atoms with Gasteiger partial charge in [0.25, 0.3) is 0 Å². The Hall–Kier alpha value is -1.23. The quantitative estimate of drug-likeness (QED) is 0.837. The standard InChI is InChI=1S/C14H19N3S/c1-11-17-14(10-18-11)9-16-8-13(15)7-12-5-3-2-4-6-12/h2-6,10,13,16H,7-9,15H2,1H3. The van der Waals surface area contributed by atoms with E-state index in [2.05, 4.69) is 27.8 Å². The third-order valence-electron chi connectivity index (χ3n) is 2.72. The van der Waals surface area contributed by atoms with Crippen molar-refractivity contribution in [3.05, 3.63) is 52.0 Å². The number of hydrogen-bond acceptors (Lipinski definition) is 4. The van der Waals surface area contributed by atoms with E-state index < -0.39 is 0 Å². The van der Waals surface area contributed by atoms with Gasteiger partial charge >= 0.3 is 0 Å². The van der Waals surface area contributed by atoms with Crippen molar-refractivity contribution >= 4 is 11.3 Å². The minimum Gasteiger partial charge on any atom is -0.326 e. The molecule has 0 amide bonds. The molecule has 0 saturated carbocycles. The van der Waals surface area contributed by atoms with Gasteiger partial charge in [-0.1, -0.05) is 30.3 Å². The Morgan fingerprint density at radius 3 is 2.78 bits per heavy atom. The van der Waals surface area contributed by atoms with Gasteiger partial charge in [-0.25, -0.2) is 4.98 Å². The number of thiazole rings is 1. The third-order valence-corrected chi connectivity index (χ3v) is 3.54. The Balaban J connectivity index is 1.70. The van der Waals surface area contributed by atoms with Crippen molar-refractivity contribution in [2.75, 3.05) is 6.54 Å². The van der Waals surface area contributed by atoms with E-state index in [9.17, 15) is 0 Å². The maximum absolute atomic E-state index is 6.09. The highest BCUT2D eigenvalue weighted by molar-refractivity contribution is 7.09. The van der Waals surface area contributed by atoms with E-state index >= 15 is 0 Å². The molecule has 0 bridgehead atoms. The van der Waals surface area contributed by atoms with Crippen LogP contribution in [0, 0.1) is 6.92 Å². The van der Waals surface area contributed by atoms with Crippen molar-refractivity contribution in [3.8, 4) is 0 Å². The topological polar surface area (TPSA) is 50.9 Å². The van der Waals surface area contributed by atoms with Gasteiger partial charge in [-0.05, 0) is 18.9 Å². The van der Waals surface area contributed by atoms with Crippen molar-refractivity contribution in [2.45, 2.75) is 25.9 Å².